The van der Waals surface area contributed by atoms with E-state index in [1.54, 1.807) is 20.8 Å². The van der Waals surface area contributed by atoms with Gasteiger partial charge in [-0.3, -0.25) is 14.4 Å². The average molecular weight is 418 g/mol. The number of nitrogens with one attached hydrogen (secondary N) is 3. The van der Waals surface area contributed by atoms with E-state index in [0.29, 0.717) is 6.42 Å². The number of carboxylic acids is 1. The van der Waals surface area contributed by atoms with E-state index in [4.69, 9.17) is 5.73 Å². The Labute approximate surface area is 170 Å². The van der Waals surface area contributed by atoms with E-state index in [1.807, 2.05) is 6.92 Å². The molecule has 0 radical (unpaired) electrons. The Morgan fingerprint density at radius 3 is 1.59 bits per heavy atom. The Kier molecular flexibility index (Phi) is 12.1. The Bertz CT molecular complexity index is 570. The summed E-state index contributed by atoms with van der Waals surface area (Å²) in [6.45, 7) is 5.63. The largest absolute Gasteiger partial charge is 0.480 e. The molecule has 0 rings (SSSR count). The Morgan fingerprint density at radius 2 is 1.24 bits per heavy atom. The number of hydrogen-bond donors (Lipinski definition) is 7. The number of carboxylic acid groups (broad SMARTS) is 1. The van der Waals surface area contributed by atoms with Crippen LogP contribution in [0.3, 0.4) is 0 Å². The van der Waals surface area contributed by atoms with Crippen molar-refractivity contribution in [3.63, 3.8) is 0 Å². The molecule has 0 saturated carbocycles. The summed E-state index contributed by atoms with van der Waals surface area (Å²) < 4.78 is 0. The number of aliphatic hydroxyl groups excluding tert-OH is 2. The molecule has 0 heterocycles. The molecule has 0 aromatic heterocycles. The summed E-state index contributed by atoms with van der Waals surface area (Å²) in [7, 11) is 0. The second-order valence-corrected chi connectivity index (χ2v) is 7.43. The van der Waals surface area contributed by atoms with Crippen molar-refractivity contribution in [3.8, 4) is 0 Å². The minimum atomic E-state index is -1.45. The van der Waals surface area contributed by atoms with Crippen LogP contribution >= 0.6 is 0 Å². The van der Waals surface area contributed by atoms with Crippen LogP contribution < -0.4 is 21.7 Å². The van der Waals surface area contributed by atoms with Gasteiger partial charge < -0.3 is 37.0 Å². The SMILES string of the molecule is CCC(C)C(N)C(=O)NC(CO)C(=O)NC(CO)C(=O)NC(CC(C)C)C(=O)O. The van der Waals surface area contributed by atoms with Crippen LogP contribution in [-0.2, 0) is 19.2 Å². The molecule has 0 spiro atoms. The zero-order chi connectivity index (χ0) is 22.7. The van der Waals surface area contributed by atoms with Gasteiger partial charge in [-0.05, 0) is 18.3 Å². The van der Waals surface area contributed by atoms with E-state index < -0.39 is 61.1 Å². The molecule has 168 valence electrons. The topological polar surface area (TPSA) is 191 Å². The Balaban J connectivity index is 5.02. The minimum Gasteiger partial charge on any atom is -0.480 e. The first-order valence-corrected chi connectivity index (χ1v) is 9.59. The number of amides is 3. The van der Waals surface area contributed by atoms with Crippen LogP contribution in [0.25, 0.3) is 0 Å². The molecule has 0 aliphatic carbocycles. The lowest BCUT2D eigenvalue weighted by molar-refractivity contribution is -0.143. The smallest absolute Gasteiger partial charge is 0.326 e. The maximum absolute atomic E-state index is 12.3. The summed E-state index contributed by atoms with van der Waals surface area (Å²) >= 11 is 0. The van der Waals surface area contributed by atoms with E-state index in [2.05, 4.69) is 16.0 Å². The van der Waals surface area contributed by atoms with Gasteiger partial charge in [-0.1, -0.05) is 34.1 Å². The van der Waals surface area contributed by atoms with Gasteiger partial charge in [0.25, 0.3) is 0 Å². The molecule has 0 aromatic rings. The van der Waals surface area contributed by atoms with Crippen molar-refractivity contribution in [2.45, 2.75) is 64.7 Å². The summed E-state index contributed by atoms with van der Waals surface area (Å²) in [5.41, 5.74) is 5.79. The van der Waals surface area contributed by atoms with Crippen molar-refractivity contribution in [1.29, 1.82) is 0 Å². The van der Waals surface area contributed by atoms with Crippen LogP contribution in [0.4, 0.5) is 0 Å². The molecular weight excluding hydrogens is 384 g/mol. The molecule has 11 heteroatoms. The molecule has 3 amide bonds. The van der Waals surface area contributed by atoms with Gasteiger partial charge in [-0.15, -0.1) is 0 Å². The van der Waals surface area contributed by atoms with E-state index in [9.17, 15) is 34.5 Å². The van der Waals surface area contributed by atoms with Crippen molar-refractivity contribution in [2.75, 3.05) is 13.2 Å². The van der Waals surface area contributed by atoms with Crippen molar-refractivity contribution in [1.82, 2.24) is 16.0 Å². The zero-order valence-electron chi connectivity index (χ0n) is 17.3. The van der Waals surface area contributed by atoms with Crippen molar-refractivity contribution in [3.05, 3.63) is 0 Å². The maximum Gasteiger partial charge on any atom is 0.326 e. The normalized spacial score (nSPS) is 16.3. The number of rotatable bonds is 13. The maximum atomic E-state index is 12.3. The molecule has 5 atom stereocenters. The third kappa shape index (κ3) is 9.20. The van der Waals surface area contributed by atoms with Crippen LogP contribution in [0.1, 0.15) is 40.5 Å². The van der Waals surface area contributed by atoms with E-state index >= 15 is 0 Å². The molecule has 0 aliphatic heterocycles. The quantitative estimate of drug-likeness (QED) is 0.177. The van der Waals surface area contributed by atoms with Gasteiger partial charge in [0.2, 0.25) is 17.7 Å². The summed E-state index contributed by atoms with van der Waals surface area (Å²) in [6.07, 6.45) is 0.800. The molecule has 5 unspecified atom stereocenters. The summed E-state index contributed by atoms with van der Waals surface area (Å²) in [5, 5.41) is 34.8. The fourth-order valence-corrected chi connectivity index (χ4v) is 2.41. The summed E-state index contributed by atoms with van der Waals surface area (Å²) in [5.74, 6) is -3.85. The third-order valence-electron chi connectivity index (χ3n) is 4.51. The molecule has 8 N–H and O–H groups in total. The van der Waals surface area contributed by atoms with Crippen LogP contribution in [0.15, 0.2) is 0 Å². The number of aliphatic hydroxyl groups is 2. The van der Waals surface area contributed by atoms with Crippen molar-refractivity contribution >= 4 is 23.7 Å². The standard InChI is InChI=1S/C18H34N4O7/c1-5-10(4)14(19)17(27)22-13(8-24)16(26)21-12(7-23)15(25)20-11(18(28)29)6-9(2)3/h9-14,23-24H,5-8,19H2,1-4H3,(H,20,25)(H,21,26)(H,22,27)(H,28,29). The second kappa shape index (κ2) is 13.1. The molecule has 0 bridgehead atoms. The zero-order valence-corrected chi connectivity index (χ0v) is 17.3. The molecule has 29 heavy (non-hydrogen) atoms. The molecule has 0 saturated heterocycles. The fraction of sp³-hybridized carbons (Fsp3) is 0.778. The molecule has 0 aliphatic rings. The molecule has 0 aromatic carbocycles. The highest BCUT2D eigenvalue weighted by Crippen LogP contribution is 2.06. The monoisotopic (exact) mass is 418 g/mol. The van der Waals surface area contributed by atoms with Crippen molar-refractivity contribution in [2.24, 2.45) is 17.6 Å². The Hall–Kier alpha value is -2.24. The van der Waals surface area contributed by atoms with Gasteiger partial charge in [0.15, 0.2) is 0 Å². The number of hydrogen-bond acceptors (Lipinski definition) is 7. The first kappa shape index (κ1) is 26.8. The number of aliphatic carboxylic acids is 1. The first-order valence-electron chi connectivity index (χ1n) is 9.59. The average Bonchev–Trinajstić information content (AvgIpc) is 2.67. The van der Waals surface area contributed by atoms with Gasteiger partial charge in [-0.25, -0.2) is 4.79 Å². The summed E-state index contributed by atoms with van der Waals surface area (Å²) in [4.78, 5) is 47.9. The summed E-state index contributed by atoms with van der Waals surface area (Å²) in [6, 6.07) is -4.91. The van der Waals surface area contributed by atoms with Gasteiger partial charge in [0.05, 0.1) is 19.3 Å². The lowest BCUT2D eigenvalue weighted by Gasteiger charge is -2.24. The Morgan fingerprint density at radius 1 is 0.828 bits per heavy atom. The molecular formula is C18H34N4O7. The lowest BCUT2D eigenvalue weighted by atomic mass is 9.99. The molecule has 11 nitrogen and oxygen atoms in total. The highest BCUT2D eigenvalue weighted by atomic mass is 16.4. The van der Waals surface area contributed by atoms with Crippen LogP contribution in [0.2, 0.25) is 0 Å². The van der Waals surface area contributed by atoms with Gasteiger partial charge in [0, 0.05) is 0 Å². The minimum absolute atomic E-state index is 0.0118. The number of carbonyl (C=O) groups is 4. The van der Waals surface area contributed by atoms with E-state index in [0.717, 1.165) is 0 Å². The van der Waals surface area contributed by atoms with E-state index in [1.165, 1.54) is 0 Å². The van der Waals surface area contributed by atoms with Gasteiger partial charge in [0.1, 0.15) is 18.1 Å². The van der Waals surface area contributed by atoms with Gasteiger partial charge >= 0.3 is 5.97 Å². The van der Waals surface area contributed by atoms with Crippen LogP contribution in [0, 0.1) is 11.8 Å². The predicted molar refractivity (Wildman–Crippen MR) is 104 cm³/mol. The number of nitrogens with two attached hydrogens (primary N) is 1. The fourth-order valence-electron chi connectivity index (χ4n) is 2.41. The number of carbonyl (C=O) groups excluding carboxylic acids is 3. The van der Waals surface area contributed by atoms with Crippen LogP contribution in [-0.4, -0.2) is 76.4 Å². The highest BCUT2D eigenvalue weighted by molar-refractivity contribution is 5.94. The molecule has 0 fully saturated rings. The van der Waals surface area contributed by atoms with Gasteiger partial charge in [-0.2, -0.15) is 0 Å². The second-order valence-electron chi connectivity index (χ2n) is 7.43. The lowest BCUT2D eigenvalue weighted by Crippen LogP contribution is -2.59. The third-order valence-corrected chi connectivity index (χ3v) is 4.51. The first-order chi connectivity index (χ1) is 13.5. The van der Waals surface area contributed by atoms with Crippen LogP contribution in [0.5, 0.6) is 0 Å². The highest BCUT2D eigenvalue weighted by Gasteiger charge is 2.30. The van der Waals surface area contributed by atoms with E-state index in [-0.39, 0.29) is 18.3 Å². The predicted octanol–water partition coefficient (Wildman–Crippen LogP) is -2.07. The van der Waals surface area contributed by atoms with Crippen molar-refractivity contribution < 1.29 is 34.5 Å².